The van der Waals surface area contributed by atoms with Gasteiger partial charge in [-0.2, -0.15) is 5.10 Å². The van der Waals surface area contributed by atoms with E-state index in [-0.39, 0.29) is 0 Å². The van der Waals surface area contributed by atoms with Gasteiger partial charge in [0.05, 0.1) is 0 Å². The third kappa shape index (κ3) is 3.46. The molecule has 1 aromatic rings. The van der Waals surface area contributed by atoms with Gasteiger partial charge in [0, 0.05) is 18.3 Å². The van der Waals surface area contributed by atoms with Crippen LogP contribution in [0.4, 0.5) is 0 Å². The van der Waals surface area contributed by atoms with E-state index in [1.54, 1.807) is 6.33 Å². The largest absolute Gasteiger partial charge is 0.253 e. The van der Waals surface area contributed by atoms with E-state index in [1.807, 2.05) is 11.7 Å². The highest BCUT2D eigenvalue weighted by Gasteiger charge is 2.05. The lowest BCUT2D eigenvalue weighted by atomic mass is 10.1. The standard InChI is InChI=1S/C9H16BrN3/c1-3-4-8(10)5-6-9-11-7-12-13(9)2/h7-8H,3-6H2,1-2H3. The molecule has 0 saturated heterocycles. The molecule has 0 aromatic carbocycles. The molecule has 0 radical (unpaired) electrons. The van der Waals surface area contributed by atoms with Crippen LogP contribution in [0.1, 0.15) is 32.0 Å². The molecule has 3 nitrogen and oxygen atoms in total. The lowest BCUT2D eigenvalue weighted by Gasteiger charge is -2.06. The number of halogens is 1. The Morgan fingerprint density at radius 2 is 2.31 bits per heavy atom. The van der Waals surface area contributed by atoms with Gasteiger partial charge in [0.1, 0.15) is 12.2 Å². The summed E-state index contributed by atoms with van der Waals surface area (Å²) < 4.78 is 1.84. The van der Waals surface area contributed by atoms with Crippen LogP contribution in [0.3, 0.4) is 0 Å². The van der Waals surface area contributed by atoms with Crippen molar-refractivity contribution in [1.82, 2.24) is 14.8 Å². The van der Waals surface area contributed by atoms with Crippen molar-refractivity contribution in [2.75, 3.05) is 0 Å². The molecular weight excluding hydrogens is 230 g/mol. The van der Waals surface area contributed by atoms with Crippen LogP contribution in [0.15, 0.2) is 6.33 Å². The van der Waals surface area contributed by atoms with Gasteiger partial charge in [-0.25, -0.2) is 4.98 Å². The maximum Gasteiger partial charge on any atom is 0.138 e. The average Bonchev–Trinajstić information content (AvgIpc) is 2.48. The number of hydrogen-bond donors (Lipinski definition) is 0. The highest BCUT2D eigenvalue weighted by atomic mass is 79.9. The fourth-order valence-electron chi connectivity index (χ4n) is 1.29. The molecule has 0 fully saturated rings. The Labute approximate surface area is 87.7 Å². The summed E-state index contributed by atoms with van der Waals surface area (Å²) >= 11 is 3.65. The van der Waals surface area contributed by atoms with Crippen molar-refractivity contribution in [1.29, 1.82) is 0 Å². The molecule has 0 spiro atoms. The van der Waals surface area contributed by atoms with Gasteiger partial charge >= 0.3 is 0 Å². The van der Waals surface area contributed by atoms with Crippen LogP contribution in [-0.4, -0.2) is 19.6 Å². The predicted molar refractivity (Wildman–Crippen MR) is 56.9 cm³/mol. The zero-order chi connectivity index (χ0) is 9.68. The van der Waals surface area contributed by atoms with Gasteiger partial charge in [-0.05, 0) is 12.8 Å². The molecule has 13 heavy (non-hydrogen) atoms. The average molecular weight is 246 g/mol. The maximum absolute atomic E-state index is 4.18. The first kappa shape index (κ1) is 10.7. The van der Waals surface area contributed by atoms with E-state index in [4.69, 9.17) is 0 Å². The molecule has 74 valence electrons. The first-order chi connectivity index (χ1) is 6.24. The number of rotatable bonds is 5. The Bertz CT molecular complexity index is 247. The zero-order valence-electron chi connectivity index (χ0n) is 8.20. The van der Waals surface area contributed by atoms with Gasteiger partial charge in [0.25, 0.3) is 0 Å². The van der Waals surface area contributed by atoms with E-state index in [9.17, 15) is 0 Å². The molecule has 0 aliphatic carbocycles. The molecule has 1 rings (SSSR count). The van der Waals surface area contributed by atoms with Crippen molar-refractivity contribution in [3.63, 3.8) is 0 Å². The first-order valence-corrected chi connectivity index (χ1v) is 5.62. The highest BCUT2D eigenvalue weighted by Crippen LogP contribution is 2.14. The van der Waals surface area contributed by atoms with Crippen LogP contribution in [0.5, 0.6) is 0 Å². The summed E-state index contributed by atoms with van der Waals surface area (Å²) in [7, 11) is 1.94. The predicted octanol–water partition coefficient (Wildman–Crippen LogP) is 2.31. The lowest BCUT2D eigenvalue weighted by Crippen LogP contribution is -2.04. The molecule has 1 unspecified atom stereocenters. The Kier molecular flexibility index (Phi) is 4.42. The molecule has 0 amide bonds. The second-order valence-electron chi connectivity index (χ2n) is 3.22. The van der Waals surface area contributed by atoms with E-state index in [0.29, 0.717) is 4.83 Å². The molecule has 0 aliphatic heterocycles. The third-order valence-corrected chi connectivity index (χ3v) is 3.00. The molecule has 0 N–H and O–H groups in total. The van der Waals surface area contributed by atoms with Crippen LogP contribution in [-0.2, 0) is 13.5 Å². The molecular formula is C9H16BrN3. The van der Waals surface area contributed by atoms with Crippen LogP contribution in [0.2, 0.25) is 0 Å². The highest BCUT2D eigenvalue weighted by molar-refractivity contribution is 9.09. The number of aryl methyl sites for hydroxylation is 2. The Balaban J connectivity index is 2.30. The van der Waals surface area contributed by atoms with Gasteiger partial charge in [0.15, 0.2) is 0 Å². The first-order valence-electron chi connectivity index (χ1n) is 4.71. The molecule has 1 atom stereocenters. The van der Waals surface area contributed by atoms with Gasteiger partial charge < -0.3 is 0 Å². The Morgan fingerprint density at radius 3 is 2.85 bits per heavy atom. The van der Waals surface area contributed by atoms with Gasteiger partial charge in [0.2, 0.25) is 0 Å². The summed E-state index contributed by atoms with van der Waals surface area (Å²) in [5, 5.41) is 4.03. The third-order valence-electron chi connectivity index (χ3n) is 2.09. The fraction of sp³-hybridized carbons (Fsp3) is 0.778. The molecule has 1 heterocycles. The number of alkyl halides is 1. The van der Waals surface area contributed by atoms with Crippen molar-refractivity contribution in [2.45, 2.75) is 37.4 Å². The normalized spacial score (nSPS) is 13.2. The summed E-state index contributed by atoms with van der Waals surface area (Å²) in [4.78, 5) is 4.80. The van der Waals surface area contributed by atoms with Crippen LogP contribution in [0, 0.1) is 0 Å². The lowest BCUT2D eigenvalue weighted by molar-refractivity contribution is 0.637. The second kappa shape index (κ2) is 5.37. The van der Waals surface area contributed by atoms with Crippen molar-refractivity contribution in [3.8, 4) is 0 Å². The SMILES string of the molecule is CCCC(Br)CCc1ncnn1C. The van der Waals surface area contributed by atoms with Crippen molar-refractivity contribution < 1.29 is 0 Å². The molecule has 0 saturated carbocycles. The topological polar surface area (TPSA) is 30.7 Å². The minimum Gasteiger partial charge on any atom is -0.253 e. The van der Waals surface area contributed by atoms with Gasteiger partial charge in [-0.3, -0.25) is 4.68 Å². The smallest absolute Gasteiger partial charge is 0.138 e. The van der Waals surface area contributed by atoms with Crippen LogP contribution in [0.25, 0.3) is 0 Å². The van der Waals surface area contributed by atoms with E-state index in [1.165, 1.54) is 12.8 Å². The zero-order valence-corrected chi connectivity index (χ0v) is 9.79. The van der Waals surface area contributed by atoms with Crippen LogP contribution < -0.4 is 0 Å². The summed E-state index contributed by atoms with van der Waals surface area (Å²) in [6, 6.07) is 0. The Hall–Kier alpha value is -0.380. The van der Waals surface area contributed by atoms with Crippen LogP contribution >= 0.6 is 15.9 Å². The number of hydrogen-bond acceptors (Lipinski definition) is 2. The van der Waals surface area contributed by atoms with Crippen molar-refractivity contribution in [2.24, 2.45) is 7.05 Å². The monoisotopic (exact) mass is 245 g/mol. The summed E-state index contributed by atoms with van der Waals surface area (Å²) in [6.07, 6.45) is 6.22. The fourth-order valence-corrected chi connectivity index (χ4v) is 1.98. The maximum atomic E-state index is 4.18. The summed E-state index contributed by atoms with van der Waals surface area (Å²) in [6.45, 7) is 2.20. The van der Waals surface area contributed by atoms with Gasteiger partial charge in [-0.15, -0.1) is 0 Å². The van der Waals surface area contributed by atoms with Gasteiger partial charge in [-0.1, -0.05) is 29.3 Å². The second-order valence-corrected chi connectivity index (χ2v) is 4.52. The van der Waals surface area contributed by atoms with E-state index in [2.05, 4.69) is 32.9 Å². The van der Waals surface area contributed by atoms with E-state index >= 15 is 0 Å². The number of nitrogens with zero attached hydrogens (tertiary/aromatic N) is 3. The van der Waals surface area contributed by atoms with Crippen molar-refractivity contribution >= 4 is 15.9 Å². The minimum absolute atomic E-state index is 0.620. The Morgan fingerprint density at radius 1 is 1.54 bits per heavy atom. The summed E-state index contributed by atoms with van der Waals surface area (Å²) in [5.74, 6) is 1.07. The van der Waals surface area contributed by atoms with Crippen molar-refractivity contribution in [3.05, 3.63) is 12.2 Å². The molecule has 1 aromatic heterocycles. The summed E-state index contributed by atoms with van der Waals surface area (Å²) in [5.41, 5.74) is 0. The minimum atomic E-state index is 0.620. The molecule has 0 bridgehead atoms. The van der Waals surface area contributed by atoms with E-state index in [0.717, 1.165) is 18.7 Å². The molecule has 4 heteroatoms. The van der Waals surface area contributed by atoms with E-state index < -0.39 is 0 Å². The quantitative estimate of drug-likeness (QED) is 0.746. The number of aromatic nitrogens is 3. The molecule has 0 aliphatic rings.